The molecule has 0 radical (unpaired) electrons. The Hall–Kier alpha value is -2.69. The van der Waals surface area contributed by atoms with Crippen LogP contribution in [-0.2, 0) is 6.42 Å². The molecule has 0 aliphatic rings. The Morgan fingerprint density at radius 3 is 1.66 bits per heavy atom. The van der Waals surface area contributed by atoms with E-state index in [-0.39, 0.29) is 0 Å². The van der Waals surface area contributed by atoms with E-state index in [4.69, 9.17) is 0 Å². The zero-order chi connectivity index (χ0) is 20.1. The minimum Gasteiger partial charge on any atom is -0.0651 e. The van der Waals surface area contributed by atoms with Crippen LogP contribution in [0.3, 0.4) is 0 Å². The van der Waals surface area contributed by atoms with Crippen molar-refractivity contribution in [2.24, 2.45) is 0 Å². The first-order valence-corrected chi connectivity index (χ1v) is 12.6. The molecule has 0 spiro atoms. The molecule has 0 atom stereocenters. The number of hydrogen-bond donors (Lipinski definition) is 0. The number of aryl methyl sites for hydroxylation is 1. The Morgan fingerprint density at radius 2 is 1.10 bits per heavy atom. The normalized spacial score (nSPS) is 11.4. The summed E-state index contributed by atoms with van der Waals surface area (Å²) in [5.74, 6) is 0. The first-order valence-electron chi connectivity index (χ1n) is 10.4. The van der Waals surface area contributed by atoms with E-state index in [1.807, 2.05) is 0 Å². The summed E-state index contributed by atoms with van der Waals surface area (Å²) >= 11 is 0. The summed E-state index contributed by atoms with van der Waals surface area (Å²) in [5.41, 5.74) is 4.06. The van der Waals surface area contributed by atoms with Crippen LogP contribution in [0, 0.1) is 0 Å². The van der Waals surface area contributed by atoms with Crippen LogP contribution < -0.4 is 15.9 Å². The molecular weight excluding hydrogens is 367 g/mol. The fraction of sp³-hybridized carbons (Fsp3) is 0.143. The van der Waals surface area contributed by atoms with Gasteiger partial charge in [-0.3, -0.25) is 0 Å². The van der Waals surface area contributed by atoms with Gasteiger partial charge in [-0.1, -0.05) is 92.2 Å². The van der Waals surface area contributed by atoms with E-state index < -0.39 is 7.26 Å². The lowest BCUT2D eigenvalue weighted by Gasteiger charge is -2.25. The third-order valence-electron chi connectivity index (χ3n) is 5.73. The van der Waals surface area contributed by atoms with Gasteiger partial charge in [-0.05, 0) is 47.9 Å². The minimum absolute atomic E-state index is 1.14. The van der Waals surface area contributed by atoms with Gasteiger partial charge in [-0.15, -0.1) is 0 Å². The predicted molar refractivity (Wildman–Crippen MR) is 131 cm³/mol. The van der Waals surface area contributed by atoms with E-state index in [1.165, 1.54) is 39.0 Å². The predicted octanol–water partition coefficient (Wildman–Crippen LogP) is 6.23. The molecule has 0 N–H and O–H groups in total. The average molecular weight is 396 g/mol. The minimum atomic E-state index is -1.75. The molecule has 0 heterocycles. The largest absolute Gasteiger partial charge is 0.112 e. The van der Waals surface area contributed by atoms with E-state index in [1.54, 1.807) is 0 Å². The summed E-state index contributed by atoms with van der Waals surface area (Å²) in [6.45, 7) is 4.70. The van der Waals surface area contributed by atoms with Gasteiger partial charge >= 0.3 is 0 Å². The third kappa shape index (κ3) is 3.91. The van der Waals surface area contributed by atoms with Crippen molar-refractivity contribution in [2.45, 2.75) is 19.8 Å². The first-order chi connectivity index (χ1) is 14.2. The lowest BCUT2D eigenvalue weighted by atomic mass is 10.0. The molecule has 29 heavy (non-hydrogen) atoms. The highest BCUT2D eigenvalue weighted by atomic mass is 31.2. The fourth-order valence-corrected chi connectivity index (χ4v) is 7.59. The molecule has 1 heteroatoms. The molecule has 4 aromatic rings. The van der Waals surface area contributed by atoms with Gasteiger partial charge in [-0.25, -0.2) is 0 Å². The van der Waals surface area contributed by atoms with Gasteiger partial charge < -0.3 is 0 Å². The average Bonchev–Trinajstić information content (AvgIpc) is 2.80. The maximum absolute atomic E-state index is 2.46. The summed E-state index contributed by atoms with van der Waals surface area (Å²) in [6.07, 6.45) is 2.32. The molecule has 144 valence electrons. The number of rotatable bonds is 6. The molecule has 0 fully saturated rings. The molecule has 4 rings (SSSR count). The second-order valence-corrected chi connectivity index (χ2v) is 11.2. The summed E-state index contributed by atoms with van der Waals surface area (Å²) in [4.78, 5) is 0. The molecule has 0 saturated heterocycles. The molecular formula is C28H28P+. The molecule has 0 aliphatic heterocycles. The van der Waals surface area contributed by atoms with Gasteiger partial charge in [0.2, 0.25) is 0 Å². The Bertz CT molecular complexity index is 1010. The van der Waals surface area contributed by atoms with Gasteiger partial charge in [0.1, 0.15) is 23.2 Å². The van der Waals surface area contributed by atoms with Crippen molar-refractivity contribution >= 4 is 23.2 Å². The molecule has 0 aliphatic carbocycles. The van der Waals surface area contributed by atoms with Crippen LogP contribution in [0.1, 0.15) is 18.9 Å². The quantitative estimate of drug-likeness (QED) is 0.340. The lowest BCUT2D eigenvalue weighted by molar-refractivity contribution is 0.922. The molecule has 0 nitrogen and oxygen atoms in total. The van der Waals surface area contributed by atoms with Crippen molar-refractivity contribution in [2.75, 3.05) is 6.66 Å². The van der Waals surface area contributed by atoms with Gasteiger partial charge in [-0.2, -0.15) is 0 Å². The van der Waals surface area contributed by atoms with Gasteiger partial charge in [0.15, 0.2) is 0 Å². The summed E-state index contributed by atoms with van der Waals surface area (Å²) in [7, 11) is -1.75. The Balaban J connectivity index is 1.91. The van der Waals surface area contributed by atoms with Crippen LogP contribution >= 0.6 is 7.26 Å². The highest BCUT2D eigenvalue weighted by molar-refractivity contribution is 7.95. The van der Waals surface area contributed by atoms with E-state index in [9.17, 15) is 0 Å². The molecule has 0 aromatic heterocycles. The first kappa shape index (κ1) is 19.6. The zero-order valence-corrected chi connectivity index (χ0v) is 18.1. The maximum Gasteiger partial charge on any atom is 0.112 e. The molecule has 0 saturated carbocycles. The molecule has 0 bridgehead atoms. The third-order valence-corrected chi connectivity index (χ3v) is 9.75. The summed E-state index contributed by atoms with van der Waals surface area (Å²) in [6, 6.07) is 40.2. The highest BCUT2D eigenvalue weighted by Gasteiger charge is 2.41. The Morgan fingerprint density at radius 1 is 0.586 bits per heavy atom. The van der Waals surface area contributed by atoms with Crippen molar-refractivity contribution in [1.82, 2.24) is 0 Å². The van der Waals surface area contributed by atoms with E-state index in [0.717, 1.165) is 6.42 Å². The highest BCUT2D eigenvalue weighted by Crippen LogP contribution is 2.53. The van der Waals surface area contributed by atoms with Crippen molar-refractivity contribution in [3.05, 3.63) is 115 Å². The Labute approximate surface area is 175 Å². The van der Waals surface area contributed by atoms with Gasteiger partial charge in [0.05, 0.1) is 6.66 Å². The van der Waals surface area contributed by atoms with Crippen LogP contribution in [-0.4, -0.2) is 6.66 Å². The van der Waals surface area contributed by atoms with Crippen molar-refractivity contribution in [3.63, 3.8) is 0 Å². The molecule has 0 unspecified atom stereocenters. The topological polar surface area (TPSA) is 0 Å². The molecule has 4 aromatic carbocycles. The zero-order valence-electron chi connectivity index (χ0n) is 17.3. The number of hydrogen-bond acceptors (Lipinski definition) is 0. The van der Waals surface area contributed by atoms with Crippen LogP contribution in [0.25, 0.3) is 11.1 Å². The van der Waals surface area contributed by atoms with Gasteiger partial charge in [0.25, 0.3) is 0 Å². The van der Waals surface area contributed by atoms with Crippen LogP contribution in [0.15, 0.2) is 109 Å². The van der Waals surface area contributed by atoms with Crippen molar-refractivity contribution in [3.8, 4) is 11.1 Å². The van der Waals surface area contributed by atoms with Crippen LogP contribution in [0.4, 0.5) is 0 Å². The van der Waals surface area contributed by atoms with Crippen LogP contribution in [0.5, 0.6) is 0 Å². The summed E-state index contributed by atoms with van der Waals surface area (Å²) < 4.78 is 0. The maximum atomic E-state index is 2.46. The SMILES string of the molecule is CCCc1ccc(-c2ccccc2[P+](C)(c2ccccc2)c2ccccc2)cc1. The van der Waals surface area contributed by atoms with E-state index in [2.05, 4.69) is 123 Å². The Kier molecular flexibility index (Phi) is 5.93. The molecule has 0 amide bonds. The van der Waals surface area contributed by atoms with Crippen molar-refractivity contribution in [1.29, 1.82) is 0 Å². The smallest absolute Gasteiger partial charge is 0.0651 e. The van der Waals surface area contributed by atoms with E-state index >= 15 is 0 Å². The second kappa shape index (κ2) is 8.76. The fourth-order valence-electron chi connectivity index (χ4n) is 4.13. The van der Waals surface area contributed by atoms with E-state index in [0.29, 0.717) is 0 Å². The van der Waals surface area contributed by atoms with Gasteiger partial charge in [0, 0.05) is 5.56 Å². The standard InChI is InChI=1S/C28H28P/c1-3-12-23-19-21-24(22-20-23)27-17-10-11-18-28(27)29(2,25-13-6-4-7-14-25)26-15-8-5-9-16-26/h4-11,13-22H,3,12H2,1-2H3/q+1. The lowest BCUT2D eigenvalue weighted by Crippen LogP contribution is -2.31. The summed E-state index contributed by atoms with van der Waals surface area (Å²) in [5, 5.41) is 4.28. The number of benzene rings is 4. The van der Waals surface area contributed by atoms with Crippen molar-refractivity contribution < 1.29 is 0 Å². The monoisotopic (exact) mass is 395 g/mol. The van der Waals surface area contributed by atoms with Crippen LogP contribution in [0.2, 0.25) is 0 Å². The second-order valence-electron chi connectivity index (χ2n) is 7.64.